The van der Waals surface area contributed by atoms with Gasteiger partial charge in [0.15, 0.2) is 14.8 Å². The van der Waals surface area contributed by atoms with E-state index >= 15 is 0 Å². The summed E-state index contributed by atoms with van der Waals surface area (Å²) < 4.78 is 0. The monoisotopic (exact) mass is 174 g/mol. The molecule has 0 aromatic rings. The van der Waals surface area contributed by atoms with E-state index in [2.05, 4.69) is 0 Å². The quantitative estimate of drug-likeness (QED) is 0.226. The predicted molar refractivity (Wildman–Crippen MR) is 30.5 cm³/mol. The summed E-state index contributed by atoms with van der Waals surface area (Å²) in [5, 5.41) is 28.5. The molecule has 0 N–H and O–H groups in total. The van der Waals surface area contributed by atoms with Gasteiger partial charge in [-0.3, -0.25) is 30.3 Å². The van der Waals surface area contributed by atoms with E-state index in [9.17, 15) is 30.3 Å². The Kier molecular flexibility index (Phi) is 5.76. The molecule has 10 heteroatoms. The van der Waals surface area contributed by atoms with Crippen LogP contribution in [-0.2, 0) is 0 Å². The van der Waals surface area contributed by atoms with Gasteiger partial charge >= 0.3 is 6.29 Å². The Hall–Kier alpha value is -0.800. The Bertz CT molecular complexity index is 157. The third kappa shape index (κ3) is 3.80. The Morgan fingerprint density at radius 3 is 1.00 bits per heavy atom. The topological polar surface area (TPSA) is 129 Å². The van der Waals surface area contributed by atoms with E-state index in [1.54, 1.807) is 0 Å². The van der Waals surface area contributed by atoms with Crippen molar-refractivity contribution >= 4 is 29.6 Å². The summed E-state index contributed by atoms with van der Waals surface area (Å²) >= 11 is 0. The Labute approximate surface area is 81.1 Å². The predicted octanol–water partition coefficient (Wildman–Crippen LogP) is -1.28. The van der Waals surface area contributed by atoms with Crippen molar-refractivity contribution in [3.8, 4) is 0 Å². The first-order valence-corrected chi connectivity index (χ1v) is 1.87. The second-order valence-electron chi connectivity index (χ2n) is 1.20. The van der Waals surface area contributed by atoms with Crippen molar-refractivity contribution in [2.45, 2.75) is 6.29 Å². The molecule has 0 amide bonds. The Balaban J connectivity index is 0. The molecule has 0 heterocycles. The average Bonchev–Trinajstić information content (AvgIpc) is 1.59. The minimum absolute atomic E-state index is 0. The third-order valence-electron chi connectivity index (χ3n) is 0.566. The molecule has 11 heavy (non-hydrogen) atoms. The molecule has 57 valence electrons. The zero-order chi connectivity index (χ0) is 8.31. The minimum Gasteiger partial charge on any atom is -0.253 e. The largest absolute Gasteiger partial charge is 0.693 e. The van der Waals surface area contributed by atoms with Gasteiger partial charge in [0.1, 0.15) is 0 Å². The maximum Gasteiger partial charge on any atom is 0.693 e. The molecule has 0 bridgehead atoms. The van der Waals surface area contributed by atoms with Crippen molar-refractivity contribution in [2.24, 2.45) is 0 Å². The van der Waals surface area contributed by atoms with Gasteiger partial charge in [0.2, 0.25) is 0 Å². The summed E-state index contributed by atoms with van der Waals surface area (Å²) in [5.74, 6) is 0. The summed E-state index contributed by atoms with van der Waals surface area (Å²) in [6.07, 6.45) is -2.94. The first-order valence-electron chi connectivity index (χ1n) is 1.87. The molecular formula is CHN3NaO6. The molecule has 0 aliphatic rings. The van der Waals surface area contributed by atoms with Gasteiger partial charge in [-0.05, 0) is 0 Å². The zero-order valence-corrected chi connectivity index (χ0v) is 7.37. The van der Waals surface area contributed by atoms with E-state index in [1.165, 1.54) is 0 Å². The fourth-order valence-corrected chi connectivity index (χ4v) is 0.231. The van der Waals surface area contributed by atoms with Crippen LogP contribution in [0.25, 0.3) is 0 Å². The van der Waals surface area contributed by atoms with Crippen molar-refractivity contribution < 1.29 is 14.8 Å². The minimum atomic E-state index is -2.94. The van der Waals surface area contributed by atoms with Crippen molar-refractivity contribution in [2.75, 3.05) is 0 Å². The van der Waals surface area contributed by atoms with Crippen LogP contribution in [0.4, 0.5) is 0 Å². The molecule has 0 aliphatic heterocycles. The Morgan fingerprint density at radius 1 is 0.818 bits per heavy atom. The molecule has 0 rings (SSSR count). The van der Waals surface area contributed by atoms with Crippen molar-refractivity contribution in [3.63, 3.8) is 0 Å². The summed E-state index contributed by atoms with van der Waals surface area (Å²) in [6.45, 7) is 0. The third-order valence-corrected chi connectivity index (χ3v) is 0.566. The number of hydrogen-bond donors (Lipinski definition) is 0. The number of rotatable bonds is 3. The first kappa shape index (κ1) is 12.8. The zero-order valence-electron chi connectivity index (χ0n) is 5.37. The van der Waals surface area contributed by atoms with Crippen molar-refractivity contribution in [3.05, 3.63) is 30.3 Å². The molecule has 0 unspecified atom stereocenters. The van der Waals surface area contributed by atoms with Gasteiger partial charge in [0.25, 0.3) is 0 Å². The maximum absolute atomic E-state index is 9.50. The number of hydrogen-bond acceptors (Lipinski definition) is 6. The molecule has 0 aromatic heterocycles. The van der Waals surface area contributed by atoms with Gasteiger partial charge in [0, 0.05) is 29.6 Å². The second kappa shape index (κ2) is 4.93. The van der Waals surface area contributed by atoms with Crippen LogP contribution in [-0.4, -0.2) is 50.6 Å². The average molecular weight is 174 g/mol. The second-order valence-corrected chi connectivity index (χ2v) is 1.20. The van der Waals surface area contributed by atoms with Crippen LogP contribution in [0.15, 0.2) is 0 Å². The summed E-state index contributed by atoms with van der Waals surface area (Å²) in [6, 6.07) is 0. The Morgan fingerprint density at radius 2 is 1.00 bits per heavy atom. The normalized spacial score (nSPS) is 8.45. The number of nitrogens with zero attached hydrogens (tertiary/aromatic N) is 3. The van der Waals surface area contributed by atoms with E-state index in [1.807, 2.05) is 0 Å². The molecule has 0 aliphatic carbocycles. The molecule has 1 radical (unpaired) electrons. The maximum atomic E-state index is 9.50. The fraction of sp³-hybridized carbons (Fsp3) is 1.00. The van der Waals surface area contributed by atoms with E-state index in [-0.39, 0.29) is 29.6 Å². The van der Waals surface area contributed by atoms with Gasteiger partial charge in [0.05, 0.1) is 0 Å². The van der Waals surface area contributed by atoms with Crippen LogP contribution in [0.5, 0.6) is 0 Å². The van der Waals surface area contributed by atoms with Crippen LogP contribution in [0, 0.1) is 30.3 Å². The molecule has 0 saturated carbocycles. The number of nitro groups is 3. The molecule has 9 nitrogen and oxygen atoms in total. The standard InChI is InChI=1S/CHN3O6.Na/c5-2(6)1(3(7)8)4(9)10;/h1H;. The van der Waals surface area contributed by atoms with Gasteiger partial charge in [-0.25, -0.2) is 0 Å². The summed E-state index contributed by atoms with van der Waals surface area (Å²) in [7, 11) is 0. The van der Waals surface area contributed by atoms with Crippen molar-refractivity contribution in [1.82, 2.24) is 0 Å². The molecule has 0 atom stereocenters. The fourth-order valence-electron chi connectivity index (χ4n) is 0.231. The smallest absolute Gasteiger partial charge is 0.253 e. The summed E-state index contributed by atoms with van der Waals surface area (Å²) in [5.41, 5.74) is 0. The van der Waals surface area contributed by atoms with Gasteiger partial charge < -0.3 is 0 Å². The van der Waals surface area contributed by atoms with Crippen LogP contribution in [0.2, 0.25) is 0 Å². The van der Waals surface area contributed by atoms with Crippen molar-refractivity contribution in [1.29, 1.82) is 0 Å². The first-order chi connectivity index (χ1) is 4.46. The molecular weight excluding hydrogens is 173 g/mol. The van der Waals surface area contributed by atoms with E-state index in [0.717, 1.165) is 0 Å². The van der Waals surface area contributed by atoms with Crippen LogP contribution < -0.4 is 0 Å². The van der Waals surface area contributed by atoms with E-state index in [0.29, 0.717) is 0 Å². The van der Waals surface area contributed by atoms with Crippen LogP contribution in [0.1, 0.15) is 0 Å². The van der Waals surface area contributed by atoms with Gasteiger partial charge in [-0.1, -0.05) is 0 Å². The molecule has 0 saturated heterocycles. The molecule has 0 fully saturated rings. The molecule has 0 spiro atoms. The van der Waals surface area contributed by atoms with Gasteiger partial charge in [-0.2, -0.15) is 0 Å². The SMILES string of the molecule is O=[N+]([O-])C([N+](=O)[O-])[N+](=O)[O-].[Na]. The van der Waals surface area contributed by atoms with E-state index in [4.69, 9.17) is 0 Å². The van der Waals surface area contributed by atoms with Crippen LogP contribution in [0.3, 0.4) is 0 Å². The molecule has 0 aromatic carbocycles. The van der Waals surface area contributed by atoms with Crippen LogP contribution >= 0.6 is 0 Å². The van der Waals surface area contributed by atoms with Gasteiger partial charge in [-0.15, -0.1) is 0 Å². The van der Waals surface area contributed by atoms with E-state index < -0.39 is 21.1 Å². The summed E-state index contributed by atoms with van der Waals surface area (Å²) in [4.78, 5) is 23.8.